The van der Waals surface area contributed by atoms with E-state index in [0.717, 1.165) is 0 Å². The van der Waals surface area contributed by atoms with Crippen LogP contribution in [0, 0.1) is 0 Å². The first kappa shape index (κ1) is 16.6. The fraction of sp³-hybridized carbons (Fsp3) is 0.556. The second kappa shape index (κ2) is 5.94. The van der Waals surface area contributed by atoms with Gasteiger partial charge in [0.15, 0.2) is 0 Å². The Morgan fingerprint density at radius 3 is 2.22 bits per heavy atom. The van der Waals surface area contributed by atoms with Crippen LogP contribution in [0.15, 0.2) is 12.7 Å². The lowest BCUT2D eigenvalue weighted by Crippen LogP contribution is -2.52. The number of carboxylic acid groups (broad SMARTS) is 2. The van der Waals surface area contributed by atoms with Crippen molar-refractivity contribution in [2.45, 2.75) is 30.8 Å². The van der Waals surface area contributed by atoms with Gasteiger partial charge in [0.1, 0.15) is 6.42 Å². The molecule has 0 saturated carbocycles. The number of rotatable bonds is 8. The molecule has 0 aliphatic rings. The van der Waals surface area contributed by atoms with Gasteiger partial charge in [0, 0.05) is 0 Å². The molecular weight excluding hydrogens is 268 g/mol. The molecule has 0 aromatic carbocycles. The molecular formula is C9H14O8S. The zero-order chi connectivity index (χ0) is 14.6. The van der Waals surface area contributed by atoms with Crippen LogP contribution in [0.4, 0.5) is 0 Å². The van der Waals surface area contributed by atoms with Gasteiger partial charge in [0.05, 0.1) is 6.10 Å². The average Bonchev–Trinajstić information content (AvgIpc) is 2.13. The lowest BCUT2D eigenvalue weighted by Gasteiger charge is -2.27. The summed E-state index contributed by atoms with van der Waals surface area (Å²) >= 11 is 0. The molecule has 0 rings (SSSR count). The highest BCUT2D eigenvalue weighted by atomic mass is 32.2. The monoisotopic (exact) mass is 282 g/mol. The van der Waals surface area contributed by atoms with Crippen molar-refractivity contribution in [2.24, 2.45) is 0 Å². The highest BCUT2D eigenvalue weighted by molar-refractivity contribution is 7.88. The van der Waals surface area contributed by atoms with E-state index < -0.39 is 39.5 Å². The molecule has 0 heterocycles. The smallest absolute Gasteiger partial charge is 0.355 e. The van der Waals surface area contributed by atoms with Gasteiger partial charge in [0.25, 0.3) is 0 Å². The number of ether oxygens (including phenoxy) is 1. The lowest BCUT2D eigenvalue weighted by atomic mass is 10.2. The Balaban J connectivity index is 5.56. The second-order valence-electron chi connectivity index (χ2n) is 3.56. The fourth-order valence-corrected chi connectivity index (χ4v) is 2.05. The zero-order valence-corrected chi connectivity index (χ0v) is 10.4. The third kappa shape index (κ3) is 3.79. The van der Waals surface area contributed by atoms with Gasteiger partial charge in [-0.3, -0.25) is 9.35 Å². The van der Waals surface area contributed by atoms with E-state index in [1.165, 1.54) is 13.0 Å². The maximum Gasteiger partial charge on any atom is 0.355 e. The number of aliphatic carboxylic acids is 2. The molecule has 0 saturated heterocycles. The minimum atomic E-state index is -5.27. The van der Waals surface area contributed by atoms with Gasteiger partial charge in [-0.2, -0.15) is 8.42 Å². The minimum absolute atomic E-state index is 0.0875. The van der Waals surface area contributed by atoms with Gasteiger partial charge in [-0.05, 0) is 13.3 Å². The van der Waals surface area contributed by atoms with Crippen LogP contribution in [0.5, 0.6) is 0 Å². The molecule has 0 aliphatic heterocycles. The molecule has 0 amide bonds. The molecule has 0 radical (unpaired) electrons. The molecule has 0 fully saturated rings. The van der Waals surface area contributed by atoms with Crippen molar-refractivity contribution >= 4 is 22.1 Å². The Bertz CT molecular complexity index is 439. The highest BCUT2D eigenvalue weighted by Gasteiger charge is 2.55. The summed E-state index contributed by atoms with van der Waals surface area (Å²) in [6.07, 6.45) is -0.936. The molecule has 2 unspecified atom stereocenters. The first-order valence-electron chi connectivity index (χ1n) is 4.77. The second-order valence-corrected chi connectivity index (χ2v) is 5.17. The van der Waals surface area contributed by atoms with Crippen molar-refractivity contribution < 1.29 is 37.5 Å². The van der Waals surface area contributed by atoms with E-state index in [4.69, 9.17) is 19.5 Å². The Morgan fingerprint density at radius 2 is 1.94 bits per heavy atom. The summed E-state index contributed by atoms with van der Waals surface area (Å²) in [5.41, 5.74) is 0. The van der Waals surface area contributed by atoms with Crippen LogP contribution in [0.2, 0.25) is 0 Å². The van der Waals surface area contributed by atoms with Crippen LogP contribution in [0.3, 0.4) is 0 Å². The van der Waals surface area contributed by atoms with E-state index in [9.17, 15) is 18.0 Å². The molecule has 8 nitrogen and oxygen atoms in total. The summed E-state index contributed by atoms with van der Waals surface area (Å²) in [5.74, 6) is -3.83. The van der Waals surface area contributed by atoms with Crippen LogP contribution in [-0.2, 0) is 24.4 Å². The van der Waals surface area contributed by atoms with Crippen molar-refractivity contribution in [3.05, 3.63) is 12.7 Å². The van der Waals surface area contributed by atoms with Crippen LogP contribution in [0.25, 0.3) is 0 Å². The molecule has 18 heavy (non-hydrogen) atoms. The van der Waals surface area contributed by atoms with Crippen molar-refractivity contribution in [3.63, 3.8) is 0 Å². The van der Waals surface area contributed by atoms with Crippen LogP contribution >= 0.6 is 0 Å². The van der Waals surface area contributed by atoms with Crippen molar-refractivity contribution in [2.75, 3.05) is 0 Å². The molecule has 9 heteroatoms. The summed E-state index contributed by atoms with van der Waals surface area (Å²) in [6, 6.07) is 0. The third-order valence-corrected chi connectivity index (χ3v) is 3.27. The van der Waals surface area contributed by atoms with Crippen LogP contribution < -0.4 is 0 Å². The van der Waals surface area contributed by atoms with Crippen molar-refractivity contribution in [1.82, 2.24) is 0 Å². The SMILES string of the molecule is C=CCC(C)OC(CC(=O)O)(C(=O)O)S(=O)(=O)O. The molecule has 0 aromatic heterocycles. The number of hydrogen-bond acceptors (Lipinski definition) is 5. The number of carboxylic acids is 2. The fourth-order valence-electron chi connectivity index (χ4n) is 1.24. The third-order valence-electron chi connectivity index (χ3n) is 2.02. The average molecular weight is 282 g/mol. The quantitative estimate of drug-likeness (QED) is 0.421. The van der Waals surface area contributed by atoms with Crippen molar-refractivity contribution in [1.29, 1.82) is 0 Å². The topological polar surface area (TPSA) is 138 Å². The van der Waals surface area contributed by atoms with E-state index in [1.54, 1.807) is 0 Å². The molecule has 0 spiro atoms. The van der Waals surface area contributed by atoms with Gasteiger partial charge in [0.2, 0.25) is 0 Å². The van der Waals surface area contributed by atoms with E-state index >= 15 is 0 Å². The van der Waals surface area contributed by atoms with E-state index in [1.807, 2.05) is 0 Å². The summed E-state index contributed by atoms with van der Waals surface area (Å²) in [7, 11) is -5.27. The van der Waals surface area contributed by atoms with E-state index in [-0.39, 0.29) is 6.42 Å². The summed E-state index contributed by atoms with van der Waals surface area (Å²) in [5, 5.41) is 17.4. The van der Waals surface area contributed by atoms with Gasteiger partial charge in [-0.25, -0.2) is 4.79 Å². The first-order chi connectivity index (χ1) is 8.06. The first-order valence-corrected chi connectivity index (χ1v) is 6.21. The lowest BCUT2D eigenvalue weighted by molar-refractivity contribution is -0.166. The van der Waals surface area contributed by atoms with Crippen LogP contribution in [-0.4, -0.2) is 46.2 Å². The summed E-state index contributed by atoms with van der Waals surface area (Å²) in [4.78, 5) is 18.3. The highest BCUT2D eigenvalue weighted by Crippen LogP contribution is 2.26. The Morgan fingerprint density at radius 1 is 1.44 bits per heavy atom. The predicted octanol–water partition coefficient (Wildman–Crippen LogP) is 0.111. The van der Waals surface area contributed by atoms with E-state index in [2.05, 4.69) is 6.58 Å². The van der Waals surface area contributed by atoms with Crippen LogP contribution in [0.1, 0.15) is 19.8 Å². The van der Waals surface area contributed by atoms with Gasteiger partial charge < -0.3 is 14.9 Å². The molecule has 3 N–H and O–H groups in total. The maximum atomic E-state index is 11.1. The normalized spacial score (nSPS) is 16.6. The standard InChI is InChI=1S/C9H14O8S/c1-3-4-6(2)17-9(8(12)13,5-7(10)11)18(14,15)16/h3,6H,1,4-5H2,2H3,(H,10,11)(H,12,13)(H,14,15,16). The maximum absolute atomic E-state index is 11.1. The predicted molar refractivity (Wildman–Crippen MR) is 59.5 cm³/mol. The Labute approximate surface area is 104 Å². The number of carbonyl (C=O) groups is 2. The van der Waals surface area contributed by atoms with Gasteiger partial charge in [-0.1, -0.05) is 6.08 Å². The van der Waals surface area contributed by atoms with E-state index in [0.29, 0.717) is 0 Å². The zero-order valence-electron chi connectivity index (χ0n) is 9.57. The molecule has 104 valence electrons. The number of hydrogen-bond donors (Lipinski definition) is 3. The van der Waals surface area contributed by atoms with Gasteiger partial charge in [-0.15, -0.1) is 6.58 Å². The Hall–Kier alpha value is -1.45. The largest absolute Gasteiger partial charge is 0.481 e. The van der Waals surface area contributed by atoms with Gasteiger partial charge >= 0.3 is 27.0 Å². The summed E-state index contributed by atoms with van der Waals surface area (Å²) in [6.45, 7) is 4.67. The summed E-state index contributed by atoms with van der Waals surface area (Å²) < 4.78 is 35.9. The molecule has 2 atom stereocenters. The molecule has 0 bridgehead atoms. The van der Waals surface area contributed by atoms with Crippen molar-refractivity contribution in [3.8, 4) is 0 Å². The molecule has 0 aromatic rings. The Kier molecular flexibility index (Phi) is 5.46. The minimum Gasteiger partial charge on any atom is -0.481 e. The molecule has 0 aliphatic carbocycles.